The smallest absolute Gasteiger partial charge is 0.220 e. The molecule has 0 aliphatic rings. The first-order valence-electron chi connectivity index (χ1n) is 8.20. The number of nitrogens with one attached hydrogen (secondary N) is 2. The summed E-state index contributed by atoms with van der Waals surface area (Å²) in [5.74, 6) is 1.05. The average molecular weight is 343 g/mol. The molecule has 23 heavy (non-hydrogen) atoms. The van der Waals surface area contributed by atoms with E-state index >= 15 is 0 Å². The molecular weight excluding hydrogens is 312 g/mol. The van der Waals surface area contributed by atoms with Crippen molar-refractivity contribution in [2.24, 2.45) is 0 Å². The van der Waals surface area contributed by atoms with Gasteiger partial charge in [0.05, 0.1) is 6.10 Å². The first kappa shape index (κ1) is 21.7. The van der Waals surface area contributed by atoms with Crippen LogP contribution in [0, 0.1) is 0 Å². The van der Waals surface area contributed by atoms with E-state index in [4.69, 9.17) is 4.74 Å². The number of aryl methyl sites for hydroxylation is 1. The molecule has 4 nitrogen and oxygen atoms in total. The Labute approximate surface area is 146 Å². The Morgan fingerprint density at radius 3 is 2.39 bits per heavy atom. The number of rotatable bonds is 10. The number of carbonyl (C=O) groups is 1. The van der Waals surface area contributed by atoms with Gasteiger partial charge in [-0.15, -0.1) is 12.4 Å². The fraction of sp³-hybridized carbons (Fsp3) is 0.611. The summed E-state index contributed by atoms with van der Waals surface area (Å²) in [6.45, 7) is 6.99. The Morgan fingerprint density at radius 1 is 1.17 bits per heavy atom. The highest BCUT2D eigenvalue weighted by Gasteiger charge is 2.07. The summed E-state index contributed by atoms with van der Waals surface area (Å²) < 4.78 is 5.63. The molecular formula is C18H31ClN2O2. The molecule has 1 rings (SSSR count). The lowest BCUT2D eigenvalue weighted by Crippen LogP contribution is -2.33. The van der Waals surface area contributed by atoms with Crippen molar-refractivity contribution in [3.63, 3.8) is 0 Å². The van der Waals surface area contributed by atoms with Crippen molar-refractivity contribution < 1.29 is 9.53 Å². The summed E-state index contributed by atoms with van der Waals surface area (Å²) in [5.41, 5.74) is 1.27. The van der Waals surface area contributed by atoms with Gasteiger partial charge in [0.15, 0.2) is 0 Å². The van der Waals surface area contributed by atoms with Crippen molar-refractivity contribution in [1.29, 1.82) is 0 Å². The number of benzene rings is 1. The molecule has 0 saturated carbocycles. The Morgan fingerprint density at radius 2 is 1.83 bits per heavy atom. The maximum atomic E-state index is 11.7. The third kappa shape index (κ3) is 10.2. The van der Waals surface area contributed by atoms with Crippen LogP contribution in [0.5, 0.6) is 5.75 Å². The molecule has 0 aromatic heterocycles. The summed E-state index contributed by atoms with van der Waals surface area (Å²) in [5, 5.41) is 6.10. The predicted octanol–water partition coefficient (Wildman–Crippen LogP) is 3.33. The van der Waals surface area contributed by atoms with Gasteiger partial charge in [0.2, 0.25) is 5.91 Å². The van der Waals surface area contributed by atoms with Crippen LogP contribution in [0.2, 0.25) is 0 Å². The van der Waals surface area contributed by atoms with Gasteiger partial charge < -0.3 is 15.4 Å². The van der Waals surface area contributed by atoms with Crippen molar-refractivity contribution in [3.05, 3.63) is 29.8 Å². The first-order chi connectivity index (χ1) is 10.5. The lowest BCUT2D eigenvalue weighted by molar-refractivity contribution is -0.121. The Hall–Kier alpha value is -1.26. The summed E-state index contributed by atoms with van der Waals surface area (Å²) in [6.07, 6.45) is 3.57. The molecule has 2 N–H and O–H groups in total. The maximum absolute atomic E-state index is 11.7. The van der Waals surface area contributed by atoms with Gasteiger partial charge in [-0.3, -0.25) is 4.79 Å². The van der Waals surface area contributed by atoms with Crippen LogP contribution in [-0.4, -0.2) is 31.6 Å². The van der Waals surface area contributed by atoms with E-state index in [2.05, 4.69) is 29.7 Å². The van der Waals surface area contributed by atoms with Crippen LogP contribution in [-0.2, 0) is 11.2 Å². The summed E-state index contributed by atoms with van der Waals surface area (Å²) >= 11 is 0. The number of hydrogen-bond donors (Lipinski definition) is 2. The van der Waals surface area contributed by atoms with Gasteiger partial charge in [0, 0.05) is 12.5 Å². The summed E-state index contributed by atoms with van der Waals surface area (Å²) in [6, 6.07) is 8.42. The number of halogens is 1. The van der Waals surface area contributed by atoms with Crippen molar-refractivity contribution in [1.82, 2.24) is 10.6 Å². The van der Waals surface area contributed by atoms with Gasteiger partial charge in [-0.1, -0.05) is 12.1 Å². The Balaban J connectivity index is 0.00000484. The van der Waals surface area contributed by atoms with Crippen molar-refractivity contribution in [2.45, 2.75) is 58.6 Å². The van der Waals surface area contributed by atoms with Gasteiger partial charge in [-0.2, -0.15) is 0 Å². The lowest BCUT2D eigenvalue weighted by Gasteiger charge is -2.14. The van der Waals surface area contributed by atoms with Gasteiger partial charge in [-0.25, -0.2) is 0 Å². The highest BCUT2D eigenvalue weighted by molar-refractivity contribution is 5.85. The third-order valence-corrected chi connectivity index (χ3v) is 3.40. The van der Waals surface area contributed by atoms with Crippen LogP contribution in [0.1, 0.15) is 45.6 Å². The summed E-state index contributed by atoms with van der Waals surface area (Å²) in [7, 11) is 1.90. The van der Waals surface area contributed by atoms with E-state index < -0.39 is 0 Å². The zero-order valence-electron chi connectivity index (χ0n) is 14.7. The molecule has 0 aliphatic carbocycles. The topological polar surface area (TPSA) is 50.4 Å². The van der Waals surface area contributed by atoms with E-state index in [0.29, 0.717) is 6.42 Å². The first-order valence-corrected chi connectivity index (χ1v) is 8.20. The number of carbonyl (C=O) groups excluding carboxylic acids is 1. The second-order valence-electron chi connectivity index (χ2n) is 6.02. The quantitative estimate of drug-likeness (QED) is 0.641. The van der Waals surface area contributed by atoms with Crippen LogP contribution in [0.25, 0.3) is 0 Å². The van der Waals surface area contributed by atoms with Gasteiger partial charge >= 0.3 is 0 Å². The van der Waals surface area contributed by atoms with Crippen molar-refractivity contribution in [2.75, 3.05) is 13.6 Å². The molecule has 0 heterocycles. The Kier molecular flexibility index (Phi) is 11.5. The molecule has 1 aromatic rings. The van der Waals surface area contributed by atoms with Crippen molar-refractivity contribution >= 4 is 18.3 Å². The van der Waals surface area contributed by atoms with Crippen LogP contribution >= 0.6 is 12.4 Å². The Bertz CT molecular complexity index is 435. The molecule has 1 amide bonds. The molecule has 1 unspecified atom stereocenters. The van der Waals surface area contributed by atoms with Crippen molar-refractivity contribution in [3.8, 4) is 5.75 Å². The van der Waals surface area contributed by atoms with Gasteiger partial charge in [0.25, 0.3) is 0 Å². The van der Waals surface area contributed by atoms with Crippen LogP contribution in [0.3, 0.4) is 0 Å². The molecule has 0 spiro atoms. The molecule has 5 heteroatoms. The monoisotopic (exact) mass is 342 g/mol. The molecule has 1 atom stereocenters. The zero-order valence-corrected chi connectivity index (χ0v) is 15.5. The van der Waals surface area contributed by atoms with E-state index in [0.717, 1.165) is 31.6 Å². The molecule has 0 saturated heterocycles. The second-order valence-corrected chi connectivity index (χ2v) is 6.02. The fourth-order valence-electron chi connectivity index (χ4n) is 2.23. The summed E-state index contributed by atoms with van der Waals surface area (Å²) in [4.78, 5) is 11.7. The molecule has 132 valence electrons. The predicted molar refractivity (Wildman–Crippen MR) is 98.5 cm³/mol. The highest BCUT2D eigenvalue weighted by atomic mass is 35.5. The van der Waals surface area contributed by atoms with E-state index in [-0.39, 0.29) is 30.5 Å². The minimum Gasteiger partial charge on any atom is -0.491 e. The number of hydrogen-bond acceptors (Lipinski definition) is 3. The van der Waals surface area contributed by atoms with E-state index in [1.54, 1.807) is 0 Å². The second kappa shape index (κ2) is 12.2. The van der Waals surface area contributed by atoms with Crippen LogP contribution in [0.15, 0.2) is 24.3 Å². The zero-order chi connectivity index (χ0) is 16.4. The van der Waals surface area contributed by atoms with Crippen LogP contribution < -0.4 is 15.4 Å². The molecule has 0 bridgehead atoms. The minimum absolute atomic E-state index is 0. The lowest BCUT2D eigenvalue weighted by atomic mass is 10.1. The third-order valence-electron chi connectivity index (χ3n) is 3.40. The average Bonchev–Trinajstić information content (AvgIpc) is 2.46. The molecule has 1 aromatic carbocycles. The highest BCUT2D eigenvalue weighted by Crippen LogP contribution is 2.15. The van der Waals surface area contributed by atoms with Crippen LogP contribution in [0.4, 0.5) is 0 Å². The van der Waals surface area contributed by atoms with E-state index in [1.807, 2.05) is 33.0 Å². The molecule has 0 fully saturated rings. The maximum Gasteiger partial charge on any atom is 0.220 e. The fourth-order valence-corrected chi connectivity index (χ4v) is 2.23. The largest absolute Gasteiger partial charge is 0.491 e. The minimum atomic E-state index is 0. The van der Waals surface area contributed by atoms with Gasteiger partial charge in [-0.05, 0) is 71.3 Å². The number of amides is 1. The normalized spacial score (nSPS) is 11.7. The molecule has 0 radical (unpaired) electrons. The SMILES string of the molecule is CNCCCC(=O)NC(C)CCc1ccc(OC(C)C)cc1.Cl. The number of ether oxygens (including phenoxy) is 1. The van der Waals surface area contributed by atoms with E-state index in [9.17, 15) is 4.79 Å². The van der Waals surface area contributed by atoms with E-state index in [1.165, 1.54) is 5.56 Å². The van der Waals surface area contributed by atoms with Gasteiger partial charge in [0.1, 0.15) is 5.75 Å². The standard InChI is InChI=1S/C18H30N2O2.ClH/c1-14(2)22-17-11-9-16(10-12-17)8-7-15(3)20-18(21)6-5-13-19-4;/h9-12,14-15,19H,5-8,13H2,1-4H3,(H,20,21);1H. The molecule has 0 aliphatic heterocycles.